The van der Waals surface area contributed by atoms with Gasteiger partial charge < -0.3 is 10.1 Å². The van der Waals surface area contributed by atoms with Gasteiger partial charge in [-0.1, -0.05) is 0 Å². The number of aliphatic imine (C=N–C) groups is 1. The molecule has 0 saturated carbocycles. The lowest BCUT2D eigenvalue weighted by Gasteiger charge is -2.26. The van der Waals surface area contributed by atoms with Gasteiger partial charge in [-0.15, -0.1) is 0 Å². The van der Waals surface area contributed by atoms with E-state index in [1.165, 1.54) is 11.6 Å². The van der Waals surface area contributed by atoms with Gasteiger partial charge in [0.05, 0.1) is 18.8 Å². The molecule has 8 nitrogen and oxygen atoms in total. The lowest BCUT2D eigenvalue weighted by atomic mass is 10.2. The number of nitrogens with one attached hydrogen (secondary N) is 1. The fraction of sp³-hybridized carbons (Fsp3) is 0.667. The van der Waals surface area contributed by atoms with Crippen molar-refractivity contribution in [2.24, 2.45) is 19.1 Å². The summed E-state index contributed by atoms with van der Waals surface area (Å²) in [7, 11) is 3.16. The van der Waals surface area contributed by atoms with Crippen molar-refractivity contribution in [1.82, 2.24) is 14.0 Å². The molecule has 0 atom stereocenters. The average Bonchev–Trinajstić information content (AvgIpc) is 3.00. The normalized spacial score (nSPS) is 19.8. The topological polar surface area (TPSA) is 80.9 Å². The zero-order valence-electron chi connectivity index (χ0n) is 13.7. The van der Waals surface area contributed by atoms with Crippen molar-refractivity contribution in [3.8, 4) is 0 Å². The monoisotopic (exact) mass is 321 g/mol. The van der Waals surface area contributed by atoms with Gasteiger partial charge >= 0.3 is 5.69 Å². The Morgan fingerprint density at radius 2 is 1.91 bits per heavy atom. The van der Waals surface area contributed by atoms with Crippen LogP contribution in [0.25, 0.3) is 0 Å². The number of anilines is 1. The minimum absolute atomic E-state index is 0.242. The van der Waals surface area contributed by atoms with Crippen LogP contribution in [0.5, 0.6) is 0 Å². The molecular weight excluding hydrogens is 298 g/mol. The van der Waals surface area contributed by atoms with Crippen LogP contribution >= 0.6 is 0 Å². The number of rotatable bonds is 4. The van der Waals surface area contributed by atoms with Gasteiger partial charge in [0.25, 0.3) is 5.56 Å². The van der Waals surface area contributed by atoms with Crippen molar-refractivity contribution in [2.75, 3.05) is 44.7 Å². The number of aromatic nitrogens is 2. The van der Waals surface area contributed by atoms with E-state index < -0.39 is 0 Å². The smallest absolute Gasteiger partial charge is 0.332 e. The number of amidine groups is 1. The Balaban J connectivity index is 1.61. The summed E-state index contributed by atoms with van der Waals surface area (Å²) in [5.74, 6) is 1.34. The van der Waals surface area contributed by atoms with E-state index in [0.717, 1.165) is 49.7 Å². The number of hydrogen-bond acceptors (Lipinski definition) is 5. The van der Waals surface area contributed by atoms with E-state index in [1.54, 1.807) is 7.05 Å². The summed E-state index contributed by atoms with van der Waals surface area (Å²) in [6.07, 6.45) is 1.44. The largest absolute Gasteiger partial charge is 0.379 e. The number of morpholine rings is 1. The fourth-order valence-electron chi connectivity index (χ4n) is 3.01. The van der Waals surface area contributed by atoms with Gasteiger partial charge in [0.2, 0.25) is 0 Å². The molecule has 126 valence electrons. The summed E-state index contributed by atoms with van der Waals surface area (Å²) in [6.45, 7) is 5.30. The Kier molecular flexibility index (Phi) is 4.63. The van der Waals surface area contributed by atoms with Gasteiger partial charge in [-0.05, 0) is 6.42 Å². The molecule has 1 saturated heterocycles. The molecule has 0 radical (unpaired) electrons. The number of ether oxygens (including phenoxy) is 1. The maximum atomic E-state index is 12.2. The Bertz CT molecular complexity index is 728. The van der Waals surface area contributed by atoms with E-state index in [-0.39, 0.29) is 11.2 Å². The predicted octanol–water partition coefficient (Wildman–Crippen LogP) is -0.827. The third-order valence-electron chi connectivity index (χ3n) is 4.40. The van der Waals surface area contributed by atoms with E-state index >= 15 is 0 Å². The molecule has 1 N–H and O–H groups in total. The highest BCUT2D eigenvalue weighted by molar-refractivity contribution is 6.01. The van der Waals surface area contributed by atoms with E-state index in [4.69, 9.17) is 4.74 Å². The fourth-order valence-corrected chi connectivity index (χ4v) is 3.01. The van der Waals surface area contributed by atoms with E-state index in [0.29, 0.717) is 24.3 Å². The lowest BCUT2D eigenvalue weighted by Crippen LogP contribution is -2.38. The molecule has 2 aliphatic rings. The van der Waals surface area contributed by atoms with Crippen LogP contribution in [0.2, 0.25) is 0 Å². The van der Waals surface area contributed by atoms with Gasteiger partial charge in [0.1, 0.15) is 11.7 Å². The van der Waals surface area contributed by atoms with Crippen LogP contribution in [0.4, 0.5) is 5.82 Å². The first-order chi connectivity index (χ1) is 11.1. The minimum atomic E-state index is -0.324. The molecule has 0 spiro atoms. The highest BCUT2D eigenvalue weighted by Gasteiger charge is 2.24. The van der Waals surface area contributed by atoms with Gasteiger partial charge in [0, 0.05) is 46.7 Å². The molecule has 0 aliphatic carbocycles. The van der Waals surface area contributed by atoms with Crippen LogP contribution in [-0.2, 0) is 25.3 Å². The Labute approximate surface area is 134 Å². The van der Waals surface area contributed by atoms with Crippen molar-refractivity contribution in [1.29, 1.82) is 0 Å². The first kappa shape index (κ1) is 15.9. The van der Waals surface area contributed by atoms with Gasteiger partial charge in [-0.3, -0.25) is 23.8 Å². The molecule has 1 aromatic heterocycles. The van der Waals surface area contributed by atoms with Crippen molar-refractivity contribution in [3.05, 3.63) is 26.4 Å². The molecule has 1 fully saturated rings. The Morgan fingerprint density at radius 1 is 1.17 bits per heavy atom. The van der Waals surface area contributed by atoms with Crippen LogP contribution in [0.1, 0.15) is 12.0 Å². The molecule has 0 aromatic carbocycles. The molecule has 0 bridgehead atoms. The minimum Gasteiger partial charge on any atom is -0.379 e. The van der Waals surface area contributed by atoms with Crippen LogP contribution in [-0.4, -0.2) is 59.3 Å². The van der Waals surface area contributed by atoms with Gasteiger partial charge in [-0.2, -0.15) is 0 Å². The van der Waals surface area contributed by atoms with Crippen LogP contribution < -0.4 is 16.6 Å². The summed E-state index contributed by atoms with van der Waals surface area (Å²) in [6, 6.07) is 0. The SMILES string of the molecule is Cn1c2c(c(=O)n(C)c1=O)CC(=NCCCN1CCOCC1)N2. The lowest BCUT2D eigenvalue weighted by molar-refractivity contribution is 0.0377. The van der Waals surface area contributed by atoms with Crippen LogP contribution in [0.15, 0.2) is 14.6 Å². The van der Waals surface area contributed by atoms with E-state index in [9.17, 15) is 9.59 Å². The second kappa shape index (κ2) is 6.67. The van der Waals surface area contributed by atoms with E-state index in [2.05, 4.69) is 15.2 Å². The third kappa shape index (κ3) is 3.23. The van der Waals surface area contributed by atoms with E-state index in [1.807, 2.05) is 0 Å². The second-order valence-electron chi connectivity index (χ2n) is 5.97. The first-order valence-corrected chi connectivity index (χ1v) is 7.97. The standard InChI is InChI=1S/C15H23N5O3/c1-18-13-11(14(21)19(2)15(18)22)10-12(17-13)16-4-3-5-20-6-8-23-9-7-20/h3-10H2,1-2H3,(H,16,17). The second-order valence-corrected chi connectivity index (χ2v) is 5.97. The molecule has 23 heavy (non-hydrogen) atoms. The maximum absolute atomic E-state index is 12.2. The summed E-state index contributed by atoms with van der Waals surface area (Å²) < 4.78 is 7.93. The van der Waals surface area contributed by atoms with Crippen molar-refractivity contribution in [3.63, 3.8) is 0 Å². The quantitative estimate of drug-likeness (QED) is 0.733. The molecule has 0 unspecified atom stereocenters. The molecular formula is C15H23N5O3. The number of fused-ring (bicyclic) bond motifs is 1. The maximum Gasteiger partial charge on any atom is 0.332 e. The summed E-state index contributed by atoms with van der Waals surface area (Å²) in [4.78, 5) is 31.0. The first-order valence-electron chi connectivity index (χ1n) is 7.97. The number of nitrogens with zero attached hydrogens (tertiary/aromatic N) is 4. The molecule has 3 heterocycles. The summed E-state index contributed by atoms with van der Waals surface area (Å²) >= 11 is 0. The zero-order chi connectivity index (χ0) is 16.4. The third-order valence-corrected chi connectivity index (χ3v) is 4.40. The predicted molar refractivity (Wildman–Crippen MR) is 88.4 cm³/mol. The van der Waals surface area contributed by atoms with Crippen molar-refractivity contribution >= 4 is 11.7 Å². The highest BCUT2D eigenvalue weighted by atomic mass is 16.5. The van der Waals surface area contributed by atoms with Crippen molar-refractivity contribution < 1.29 is 4.74 Å². The zero-order valence-corrected chi connectivity index (χ0v) is 13.7. The average molecular weight is 321 g/mol. The summed E-state index contributed by atoms with van der Waals surface area (Å²) in [5, 5.41) is 3.12. The molecule has 8 heteroatoms. The molecule has 3 rings (SSSR count). The molecule has 0 amide bonds. The van der Waals surface area contributed by atoms with Gasteiger partial charge in [-0.25, -0.2) is 4.79 Å². The summed E-state index contributed by atoms with van der Waals surface area (Å²) in [5.41, 5.74) is 0.0467. The van der Waals surface area contributed by atoms with Crippen LogP contribution in [0, 0.1) is 0 Å². The highest BCUT2D eigenvalue weighted by Crippen LogP contribution is 2.17. The van der Waals surface area contributed by atoms with Gasteiger partial charge in [0.15, 0.2) is 0 Å². The Hall–Kier alpha value is -1.93. The van der Waals surface area contributed by atoms with Crippen LogP contribution in [0.3, 0.4) is 0 Å². The van der Waals surface area contributed by atoms with Crippen molar-refractivity contribution in [2.45, 2.75) is 12.8 Å². The Morgan fingerprint density at radius 3 is 2.65 bits per heavy atom. The number of hydrogen-bond donors (Lipinski definition) is 1. The molecule has 2 aliphatic heterocycles. The molecule has 1 aromatic rings.